The van der Waals surface area contributed by atoms with Gasteiger partial charge < -0.3 is 16.4 Å². The molecular weight excluding hydrogens is 310 g/mol. The van der Waals surface area contributed by atoms with Crippen LogP contribution in [0.4, 0.5) is 22.9 Å². The van der Waals surface area contributed by atoms with Gasteiger partial charge in [-0.3, -0.25) is 0 Å². The third-order valence-corrected chi connectivity index (χ3v) is 3.42. The van der Waals surface area contributed by atoms with Crippen molar-refractivity contribution < 1.29 is 0 Å². The molecule has 2 aromatic carbocycles. The molecule has 5 nitrogen and oxygen atoms in total. The van der Waals surface area contributed by atoms with E-state index in [9.17, 15) is 0 Å². The van der Waals surface area contributed by atoms with Crippen LogP contribution < -0.4 is 16.4 Å². The first-order valence-corrected chi connectivity index (χ1v) is 7.51. The molecule has 0 spiro atoms. The van der Waals surface area contributed by atoms with Gasteiger partial charge in [0.1, 0.15) is 0 Å². The molecular formula is C17H16ClN5. The SMILES string of the molecule is Nc1cccc(Nc2nc(Cl)ncc2NCc2ccccc2)c1. The topological polar surface area (TPSA) is 75.9 Å². The summed E-state index contributed by atoms with van der Waals surface area (Å²) < 4.78 is 0. The van der Waals surface area contributed by atoms with Crippen LogP contribution in [-0.4, -0.2) is 9.97 Å². The van der Waals surface area contributed by atoms with Crippen LogP contribution in [-0.2, 0) is 6.54 Å². The lowest BCUT2D eigenvalue weighted by molar-refractivity contribution is 1.10. The lowest BCUT2D eigenvalue weighted by Gasteiger charge is -2.13. The number of anilines is 4. The molecule has 4 N–H and O–H groups in total. The van der Waals surface area contributed by atoms with E-state index >= 15 is 0 Å². The number of hydrogen-bond donors (Lipinski definition) is 3. The summed E-state index contributed by atoms with van der Waals surface area (Å²) >= 11 is 5.92. The van der Waals surface area contributed by atoms with Crippen LogP contribution in [0.3, 0.4) is 0 Å². The summed E-state index contributed by atoms with van der Waals surface area (Å²) in [6, 6.07) is 17.5. The highest BCUT2D eigenvalue weighted by molar-refractivity contribution is 6.28. The second-order valence-electron chi connectivity index (χ2n) is 4.99. The van der Waals surface area contributed by atoms with Gasteiger partial charge in [0.05, 0.1) is 11.9 Å². The number of nitrogen functional groups attached to an aromatic ring is 1. The zero-order valence-corrected chi connectivity index (χ0v) is 13.1. The number of halogens is 1. The Morgan fingerprint density at radius 2 is 1.87 bits per heavy atom. The van der Waals surface area contributed by atoms with E-state index in [0.717, 1.165) is 16.9 Å². The van der Waals surface area contributed by atoms with Crippen LogP contribution in [0.5, 0.6) is 0 Å². The molecule has 1 aromatic heterocycles. The monoisotopic (exact) mass is 325 g/mol. The fraction of sp³-hybridized carbons (Fsp3) is 0.0588. The Kier molecular flexibility index (Phi) is 4.59. The van der Waals surface area contributed by atoms with Crippen molar-refractivity contribution in [3.05, 3.63) is 71.6 Å². The van der Waals surface area contributed by atoms with E-state index in [1.54, 1.807) is 6.20 Å². The maximum atomic E-state index is 5.92. The number of aromatic nitrogens is 2. The van der Waals surface area contributed by atoms with Crippen molar-refractivity contribution in [3.63, 3.8) is 0 Å². The lowest BCUT2D eigenvalue weighted by Crippen LogP contribution is -2.05. The molecule has 0 unspecified atom stereocenters. The highest BCUT2D eigenvalue weighted by Crippen LogP contribution is 2.25. The largest absolute Gasteiger partial charge is 0.399 e. The molecule has 0 radical (unpaired) electrons. The summed E-state index contributed by atoms with van der Waals surface area (Å²) in [5.41, 5.74) is 9.24. The quantitative estimate of drug-likeness (QED) is 0.487. The maximum absolute atomic E-state index is 5.92. The fourth-order valence-electron chi connectivity index (χ4n) is 2.13. The van der Waals surface area contributed by atoms with Gasteiger partial charge in [0.15, 0.2) is 5.82 Å². The molecule has 3 rings (SSSR count). The molecule has 3 aromatic rings. The van der Waals surface area contributed by atoms with Crippen molar-refractivity contribution in [1.29, 1.82) is 0 Å². The van der Waals surface area contributed by atoms with E-state index in [2.05, 4.69) is 32.7 Å². The third kappa shape index (κ3) is 4.11. The van der Waals surface area contributed by atoms with Crippen molar-refractivity contribution in [1.82, 2.24) is 9.97 Å². The van der Waals surface area contributed by atoms with Crippen LogP contribution >= 0.6 is 11.6 Å². The van der Waals surface area contributed by atoms with Gasteiger partial charge >= 0.3 is 0 Å². The molecule has 23 heavy (non-hydrogen) atoms. The van der Waals surface area contributed by atoms with E-state index in [1.807, 2.05) is 42.5 Å². The third-order valence-electron chi connectivity index (χ3n) is 3.23. The molecule has 0 saturated heterocycles. The van der Waals surface area contributed by atoms with Gasteiger partial charge in [-0.15, -0.1) is 0 Å². The summed E-state index contributed by atoms with van der Waals surface area (Å²) in [5, 5.41) is 6.71. The summed E-state index contributed by atoms with van der Waals surface area (Å²) in [7, 11) is 0. The van der Waals surface area contributed by atoms with Crippen LogP contribution in [0.25, 0.3) is 0 Å². The molecule has 116 valence electrons. The molecule has 0 fully saturated rings. The van der Waals surface area contributed by atoms with Gasteiger partial charge in [0.2, 0.25) is 5.28 Å². The average Bonchev–Trinajstić information content (AvgIpc) is 2.55. The molecule has 0 atom stereocenters. The van der Waals surface area contributed by atoms with E-state index in [0.29, 0.717) is 18.1 Å². The van der Waals surface area contributed by atoms with Crippen molar-refractivity contribution >= 4 is 34.5 Å². The Labute approximate surface area is 139 Å². The van der Waals surface area contributed by atoms with Crippen molar-refractivity contribution in [3.8, 4) is 0 Å². The van der Waals surface area contributed by atoms with Crippen molar-refractivity contribution in [2.24, 2.45) is 0 Å². The summed E-state index contributed by atoms with van der Waals surface area (Å²) in [4.78, 5) is 8.29. The predicted molar refractivity (Wildman–Crippen MR) is 94.9 cm³/mol. The van der Waals surface area contributed by atoms with Gasteiger partial charge in [-0.2, -0.15) is 4.98 Å². The molecule has 6 heteroatoms. The number of rotatable bonds is 5. The Morgan fingerprint density at radius 1 is 1.04 bits per heavy atom. The maximum Gasteiger partial charge on any atom is 0.224 e. The fourth-order valence-corrected chi connectivity index (χ4v) is 2.26. The molecule has 0 aliphatic heterocycles. The zero-order chi connectivity index (χ0) is 16.1. The molecule has 0 aliphatic rings. The highest BCUT2D eigenvalue weighted by atomic mass is 35.5. The standard InChI is InChI=1S/C17H16ClN5/c18-17-21-11-15(20-10-12-5-2-1-3-6-12)16(23-17)22-14-8-4-7-13(19)9-14/h1-9,11,20H,10,19H2,(H,21,22,23). The molecule has 1 heterocycles. The number of nitrogens with zero attached hydrogens (tertiary/aromatic N) is 2. The number of benzene rings is 2. The van der Waals surface area contributed by atoms with Crippen LogP contribution in [0, 0.1) is 0 Å². The van der Waals surface area contributed by atoms with Crippen LogP contribution in [0.15, 0.2) is 60.8 Å². The summed E-state index contributed by atoms with van der Waals surface area (Å²) in [6.45, 7) is 0.664. The van der Waals surface area contributed by atoms with Crippen LogP contribution in [0.1, 0.15) is 5.56 Å². The van der Waals surface area contributed by atoms with E-state index < -0.39 is 0 Å². The first-order chi connectivity index (χ1) is 11.2. The number of hydrogen-bond acceptors (Lipinski definition) is 5. The second kappa shape index (κ2) is 6.98. The Morgan fingerprint density at radius 3 is 2.65 bits per heavy atom. The lowest BCUT2D eigenvalue weighted by atomic mass is 10.2. The first kappa shape index (κ1) is 15.1. The zero-order valence-electron chi connectivity index (χ0n) is 12.3. The molecule has 0 amide bonds. The average molecular weight is 326 g/mol. The van der Waals surface area contributed by atoms with E-state index in [-0.39, 0.29) is 5.28 Å². The van der Waals surface area contributed by atoms with E-state index in [1.165, 1.54) is 0 Å². The number of nitrogens with two attached hydrogens (primary N) is 1. The summed E-state index contributed by atoms with van der Waals surface area (Å²) in [6.07, 6.45) is 1.66. The van der Waals surface area contributed by atoms with E-state index in [4.69, 9.17) is 17.3 Å². The molecule has 0 saturated carbocycles. The predicted octanol–water partition coefficient (Wildman–Crippen LogP) is 4.07. The Hall–Kier alpha value is -2.79. The molecule has 0 aliphatic carbocycles. The van der Waals surface area contributed by atoms with Crippen molar-refractivity contribution in [2.75, 3.05) is 16.4 Å². The normalized spacial score (nSPS) is 10.3. The summed E-state index contributed by atoms with van der Waals surface area (Å²) in [5.74, 6) is 0.603. The Bertz CT molecular complexity index is 792. The minimum atomic E-state index is 0.182. The minimum Gasteiger partial charge on any atom is -0.399 e. The van der Waals surface area contributed by atoms with Gasteiger partial charge in [0, 0.05) is 17.9 Å². The van der Waals surface area contributed by atoms with Gasteiger partial charge in [0.25, 0.3) is 0 Å². The highest BCUT2D eigenvalue weighted by Gasteiger charge is 2.07. The van der Waals surface area contributed by atoms with Gasteiger partial charge in [-0.25, -0.2) is 4.98 Å². The Balaban J connectivity index is 1.80. The number of nitrogens with one attached hydrogen (secondary N) is 2. The van der Waals surface area contributed by atoms with Gasteiger partial charge in [-0.1, -0.05) is 36.4 Å². The molecule has 0 bridgehead atoms. The van der Waals surface area contributed by atoms with Crippen molar-refractivity contribution in [2.45, 2.75) is 6.54 Å². The minimum absolute atomic E-state index is 0.182. The van der Waals surface area contributed by atoms with Crippen LogP contribution in [0.2, 0.25) is 5.28 Å². The smallest absolute Gasteiger partial charge is 0.224 e. The first-order valence-electron chi connectivity index (χ1n) is 7.13. The second-order valence-corrected chi connectivity index (χ2v) is 5.33. The van der Waals surface area contributed by atoms with Gasteiger partial charge in [-0.05, 0) is 35.4 Å².